The number of hydrogen-bond acceptors (Lipinski definition) is 3. The lowest BCUT2D eigenvalue weighted by Crippen LogP contribution is -2.27. The summed E-state index contributed by atoms with van der Waals surface area (Å²) in [6.45, 7) is 13.0. The van der Waals surface area contributed by atoms with Crippen LogP contribution in [0.1, 0.15) is 195 Å². The number of hydrogen-bond donors (Lipinski definition) is 0. The highest BCUT2D eigenvalue weighted by Gasteiger charge is 2.06. The third kappa shape index (κ3) is 42.5. The predicted octanol–water partition coefficient (Wildman–Crippen LogP) is 13.8. The van der Waals surface area contributed by atoms with Gasteiger partial charge in [-0.15, -0.1) is 0 Å². The molecular formula is C46H88N2O2. The summed E-state index contributed by atoms with van der Waals surface area (Å²) in [5.41, 5.74) is 0. The molecule has 0 N–H and O–H groups in total. The van der Waals surface area contributed by atoms with E-state index in [0.29, 0.717) is 6.10 Å². The molecule has 0 aromatic carbocycles. The van der Waals surface area contributed by atoms with Gasteiger partial charge >= 0.3 is 0 Å². The Morgan fingerprint density at radius 1 is 0.480 bits per heavy atom. The Hall–Kier alpha value is -1.65. The number of ether oxygens (including phenoxy) is 1. The van der Waals surface area contributed by atoms with Crippen LogP contribution in [0.3, 0.4) is 0 Å². The topological polar surface area (TPSA) is 32.8 Å². The van der Waals surface area contributed by atoms with Crippen molar-refractivity contribution >= 4 is 6.41 Å². The Balaban J connectivity index is 0. The molecule has 294 valence electrons. The summed E-state index contributed by atoms with van der Waals surface area (Å²) in [6, 6.07) is 0. The number of carbonyl (C=O) groups is 1. The summed E-state index contributed by atoms with van der Waals surface area (Å²) in [4.78, 5) is 14.3. The Labute approximate surface area is 314 Å². The average molecular weight is 701 g/mol. The molecular weight excluding hydrogens is 613 g/mol. The highest BCUT2D eigenvalue weighted by Crippen LogP contribution is 2.17. The molecule has 0 saturated carbocycles. The number of methoxy groups -OCH3 is 1. The molecule has 0 heterocycles. The molecule has 50 heavy (non-hydrogen) atoms. The Bertz CT molecular complexity index is 755. The lowest BCUT2D eigenvalue weighted by atomic mass is 10.0. The standard InChI is InChI=1S/C37H68O.C9H20N2O/c1-4-6-8-10-12-14-16-18-20-22-24-26-28-30-32-34-36-37(38-3)35-33-31-29-27-25-23-21-19-17-15-13-11-9-7-5-2;1-4-11(5-2)8-6-7-10(3)9-12/h11-14,17-20,37H,4-10,15-16,21-36H2,1-3H3;9H,4-8H2,1-3H3/b13-11-,14-12-,19-17-,20-18-;. The molecule has 0 aromatic rings. The molecule has 4 nitrogen and oxygen atoms in total. The molecule has 0 aliphatic rings. The molecule has 1 unspecified atom stereocenters. The van der Waals surface area contributed by atoms with Gasteiger partial charge in [-0.1, -0.05) is 166 Å². The van der Waals surface area contributed by atoms with Crippen LogP contribution in [0.5, 0.6) is 0 Å². The molecule has 0 spiro atoms. The Kier molecular flexibility index (Phi) is 45.8. The van der Waals surface area contributed by atoms with Crippen LogP contribution in [0.25, 0.3) is 0 Å². The number of carbonyl (C=O) groups excluding carboxylic acids is 1. The van der Waals surface area contributed by atoms with Crippen molar-refractivity contribution in [3.05, 3.63) is 48.6 Å². The first-order chi connectivity index (χ1) is 24.6. The van der Waals surface area contributed by atoms with E-state index in [1.54, 1.807) is 4.90 Å². The maximum Gasteiger partial charge on any atom is 0.209 e. The lowest BCUT2D eigenvalue weighted by Gasteiger charge is -2.19. The van der Waals surface area contributed by atoms with Gasteiger partial charge in [-0.2, -0.15) is 0 Å². The first-order valence-corrected chi connectivity index (χ1v) is 21.6. The molecule has 0 rings (SSSR count). The molecule has 0 bridgehead atoms. The van der Waals surface area contributed by atoms with Crippen LogP contribution in [-0.4, -0.2) is 62.7 Å². The number of nitrogens with zero attached hydrogens (tertiary/aromatic N) is 2. The molecule has 1 atom stereocenters. The van der Waals surface area contributed by atoms with E-state index in [4.69, 9.17) is 4.74 Å². The van der Waals surface area contributed by atoms with E-state index in [2.05, 4.69) is 81.2 Å². The number of allylic oxidation sites excluding steroid dienone is 8. The fraction of sp³-hybridized carbons (Fsp3) is 0.804. The van der Waals surface area contributed by atoms with E-state index >= 15 is 0 Å². The minimum Gasteiger partial charge on any atom is -0.381 e. The van der Waals surface area contributed by atoms with Crippen molar-refractivity contribution in [3.8, 4) is 0 Å². The van der Waals surface area contributed by atoms with E-state index in [-0.39, 0.29) is 0 Å². The second-order valence-corrected chi connectivity index (χ2v) is 14.2. The zero-order chi connectivity index (χ0) is 37.0. The Morgan fingerprint density at radius 3 is 1.28 bits per heavy atom. The minimum absolute atomic E-state index is 0.488. The van der Waals surface area contributed by atoms with Crippen LogP contribution in [0.2, 0.25) is 0 Å². The monoisotopic (exact) mass is 701 g/mol. The van der Waals surface area contributed by atoms with E-state index in [1.165, 1.54) is 148 Å². The SMILES string of the molecule is CCCC/C=C\C/C=C\CCCCCCCCC(CCCCCCCC/C=C\C/C=C\CCCCC)OC.CCN(CC)CCCN(C)C=O. The van der Waals surface area contributed by atoms with E-state index < -0.39 is 0 Å². The zero-order valence-electron chi connectivity index (χ0n) is 34.7. The van der Waals surface area contributed by atoms with Crippen LogP contribution >= 0.6 is 0 Å². The molecule has 0 fully saturated rings. The first kappa shape index (κ1) is 50.5. The first-order valence-electron chi connectivity index (χ1n) is 21.6. The summed E-state index contributed by atoms with van der Waals surface area (Å²) in [5.74, 6) is 0. The summed E-state index contributed by atoms with van der Waals surface area (Å²) in [6.07, 6.45) is 54.1. The lowest BCUT2D eigenvalue weighted by molar-refractivity contribution is -0.117. The predicted molar refractivity (Wildman–Crippen MR) is 225 cm³/mol. The van der Waals surface area contributed by atoms with E-state index in [9.17, 15) is 4.79 Å². The van der Waals surface area contributed by atoms with Crippen molar-refractivity contribution in [1.82, 2.24) is 9.80 Å². The second-order valence-electron chi connectivity index (χ2n) is 14.2. The summed E-state index contributed by atoms with van der Waals surface area (Å²) in [5, 5.41) is 0. The van der Waals surface area contributed by atoms with Crippen molar-refractivity contribution < 1.29 is 9.53 Å². The van der Waals surface area contributed by atoms with Gasteiger partial charge in [-0.05, 0) is 96.7 Å². The van der Waals surface area contributed by atoms with Gasteiger partial charge in [0.25, 0.3) is 0 Å². The highest BCUT2D eigenvalue weighted by molar-refractivity contribution is 5.46. The molecule has 0 aliphatic carbocycles. The van der Waals surface area contributed by atoms with E-state index in [1.807, 2.05) is 14.2 Å². The van der Waals surface area contributed by atoms with Gasteiger partial charge in [0, 0.05) is 20.7 Å². The fourth-order valence-corrected chi connectivity index (χ4v) is 6.05. The molecule has 4 heteroatoms. The van der Waals surface area contributed by atoms with Crippen molar-refractivity contribution in [1.29, 1.82) is 0 Å². The van der Waals surface area contributed by atoms with Gasteiger partial charge in [-0.3, -0.25) is 4.79 Å². The van der Waals surface area contributed by atoms with Gasteiger partial charge in [0.2, 0.25) is 6.41 Å². The quantitative estimate of drug-likeness (QED) is 0.0367. The molecule has 0 saturated heterocycles. The van der Waals surface area contributed by atoms with E-state index in [0.717, 1.165) is 51.9 Å². The van der Waals surface area contributed by atoms with Crippen molar-refractivity contribution in [2.75, 3.05) is 40.3 Å². The van der Waals surface area contributed by atoms with Crippen molar-refractivity contribution in [3.63, 3.8) is 0 Å². The summed E-state index contributed by atoms with van der Waals surface area (Å²) in [7, 11) is 3.73. The van der Waals surface area contributed by atoms with Gasteiger partial charge in [0.1, 0.15) is 0 Å². The number of amides is 1. The second kappa shape index (κ2) is 45.4. The third-order valence-corrected chi connectivity index (χ3v) is 9.60. The van der Waals surface area contributed by atoms with Crippen LogP contribution < -0.4 is 0 Å². The third-order valence-electron chi connectivity index (χ3n) is 9.60. The van der Waals surface area contributed by atoms with Gasteiger partial charge in [-0.25, -0.2) is 0 Å². The van der Waals surface area contributed by atoms with Crippen molar-refractivity contribution in [2.45, 2.75) is 201 Å². The maximum atomic E-state index is 10.2. The summed E-state index contributed by atoms with van der Waals surface area (Å²) >= 11 is 0. The minimum atomic E-state index is 0.488. The van der Waals surface area contributed by atoms with Gasteiger partial charge < -0.3 is 14.5 Å². The Morgan fingerprint density at radius 2 is 0.880 bits per heavy atom. The van der Waals surface area contributed by atoms with Crippen LogP contribution in [0.4, 0.5) is 0 Å². The fourth-order valence-electron chi connectivity index (χ4n) is 6.05. The largest absolute Gasteiger partial charge is 0.381 e. The molecule has 0 radical (unpaired) electrons. The van der Waals surface area contributed by atoms with Gasteiger partial charge in [0.15, 0.2) is 0 Å². The number of rotatable bonds is 37. The molecule has 1 amide bonds. The molecule has 0 aliphatic heterocycles. The molecule has 0 aromatic heterocycles. The van der Waals surface area contributed by atoms with Crippen LogP contribution in [0.15, 0.2) is 48.6 Å². The normalized spacial score (nSPS) is 12.5. The number of unbranched alkanes of at least 4 members (excludes halogenated alkanes) is 17. The van der Waals surface area contributed by atoms with Crippen LogP contribution in [-0.2, 0) is 9.53 Å². The van der Waals surface area contributed by atoms with Gasteiger partial charge in [0.05, 0.1) is 6.10 Å². The highest BCUT2D eigenvalue weighted by atomic mass is 16.5. The smallest absolute Gasteiger partial charge is 0.209 e. The average Bonchev–Trinajstić information content (AvgIpc) is 3.14. The zero-order valence-corrected chi connectivity index (χ0v) is 34.7. The van der Waals surface area contributed by atoms with Crippen molar-refractivity contribution in [2.24, 2.45) is 0 Å². The van der Waals surface area contributed by atoms with Crippen LogP contribution in [0, 0.1) is 0 Å². The summed E-state index contributed by atoms with van der Waals surface area (Å²) < 4.78 is 5.77. The maximum absolute atomic E-state index is 10.2.